The summed E-state index contributed by atoms with van der Waals surface area (Å²) in [5.74, 6) is -0.400. The van der Waals surface area contributed by atoms with Gasteiger partial charge >= 0.3 is 0 Å². The zero-order valence-electron chi connectivity index (χ0n) is 11.3. The van der Waals surface area contributed by atoms with Crippen LogP contribution in [0.1, 0.15) is 21.5 Å². The molecular weight excluding hydrogens is 455 g/mol. The molecule has 0 aromatic heterocycles. The zero-order chi connectivity index (χ0) is 16.3. The fourth-order valence-corrected chi connectivity index (χ4v) is 3.35. The van der Waals surface area contributed by atoms with Gasteiger partial charge in [-0.05, 0) is 48.4 Å². The van der Waals surface area contributed by atoms with Crippen LogP contribution in [0.3, 0.4) is 0 Å². The lowest BCUT2D eigenvalue weighted by molar-refractivity contribution is 0.0955. The van der Waals surface area contributed by atoms with Crippen LogP contribution in [0.4, 0.5) is 0 Å². The molecule has 0 saturated heterocycles. The molecule has 0 fully saturated rings. The van der Waals surface area contributed by atoms with E-state index in [0.717, 1.165) is 20.1 Å². The highest BCUT2D eigenvalue weighted by molar-refractivity contribution is 9.11. The van der Waals surface area contributed by atoms with E-state index in [2.05, 4.69) is 42.4 Å². The lowest BCUT2D eigenvalue weighted by atomic mass is 10.2. The first-order valence-corrected chi connectivity index (χ1v) is 8.47. The van der Waals surface area contributed by atoms with Crippen molar-refractivity contribution < 1.29 is 4.79 Å². The molecule has 0 heterocycles. The largest absolute Gasteiger partial charge is 0.272 e. The third kappa shape index (κ3) is 4.32. The van der Waals surface area contributed by atoms with Crippen molar-refractivity contribution in [2.45, 2.75) is 6.92 Å². The molecule has 0 aliphatic rings. The molecule has 3 nitrogen and oxygen atoms in total. The summed E-state index contributed by atoms with van der Waals surface area (Å²) in [4.78, 5) is 12.0. The SMILES string of the molecule is Cc1c(Br)cc(/C=N/NC(=O)c2ccc(Cl)cc2Cl)cc1Br. The molecule has 22 heavy (non-hydrogen) atoms. The van der Waals surface area contributed by atoms with E-state index in [1.54, 1.807) is 18.3 Å². The first-order valence-electron chi connectivity index (χ1n) is 6.12. The molecule has 0 aliphatic heterocycles. The van der Waals surface area contributed by atoms with Crippen LogP contribution < -0.4 is 5.43 Å². The molecule has 0 radical (unpaired) electrons. The van der Waals surface area contributed by atoms with E-state index in [0.29, 0.717) is 10.6 Å². The van der Waals surface area contributed by atoms with Crippen molar-refractivity contribution in [1.82, 2.24) is 5.43 Å². The smallest absolute Gasteiger partial charge is 0.267 e. The van der Waals surface area contributed by atoms with Crippen LogP contribution in [-0.2, 0) is 0 Å². The summed E-state index contributed by atoms with van der Waals surface area (Å²) in [6.07, 6.45) is 1.55. The number of hydrogen-bond acceptors (Lipinski definition) is 2. The highest BCUT2D eigenvalue weighted by Gasteiger charge is 2.09. The summed E-state index contributed by atoms with van der Waals surface area (Å²) in [6.45, 7) is 1.99. The average Bonchev–Trinajstić information content (AvgIpc) is 2.44. The zero-order valence-corrected chi connectivity index (χ0v) is 16.0. The van der Waals surface area contributed by atoms with Crippen molar-refractivity contribution >= 4 is 67.2 Å². The fourth-order valence-electron chi connectivity index (χ4n) is 1.64. The molecule has 114 valence electrons. The monoisotopic (exact) mass is 462 g/mol. The first kappa shape index (κ1) is 17.5. The summed E-state index contributed by atoms with van der Waals surface area (Å²) in [5, 5.41) is 4.69. The number of hydrazone groups is 1. The van der Waals surface area contributed by atoms with E-state index in [1.165, 1.54) is 6.07 Å². The Morgan fingerprint density at radius 2 is 1.82 bits per heavy atom. The van der Waals surface area contributed by atoms with Crippen molar-refractivity contribution in [1.29, 1.82) is 0 Å². The Morgan fingerprint density at radius 1 is 1.18 bits per heavy atom. The van der Waals surface area contributed by atoms with E-state index < -0.39 is 5.91 Å². The lowest BCUT2D eigenvalue weighted by Gasteiger charge is -2.04. The number of nitrogens with zero attached hydrogens (tertiary/aromatic N) is 1. The van der Waals surface area contributed by atoms with Crippen LogP contribution in [0.2, 0.25) is 10.0 Å². The summed E-state index contributed by atoms with van der Waals surface area (Å²) in [5.41, 5.74) is 4.68. The third-order valence-corrected chi connectivity index (χ3v) is 5.05. The molecule has 2 aromatic rings. The molecule has 7 heteroatoms. The van der Waals surface area contributed by atoms with Crippen molar-refractivity contribution in [3.8, 4) is 0 Å². The van der Waals surface area contributed by atoms with Crippen molar-refractivity contribution in [3.63, 3.8) is 0 Å². The molecule has 0 aliphatic carbocycles. The van der Waals surface area contributed by atoms with Gasteiger partial charge in [-0.1, -0.05) is 55.1 Å². The van der Waals surface area contributed by atoms with Gasteiger partial charge in [0.2, 0.25) is 0 Å². The molecule has 0 unspecified atom stereocenters. The van der Waals surface area contributed by atoms with Gasteiger partial charge in [-0.25, -0.2) is 5.43 Å². The minimum absolute atomic E-state index is 0.279. The van der Waals surface area contributed by atoms with E-state index in [4.69, 9.17) is 23.2 Å². The topological polar surface area (TPSA) is 41.5 Å². The normalized spacial score (nSPS) is 11.0. The van der Waals surface area contributed by atoms with Gasteiger partial charge in [0.15, 0.2) is 0 Å². The molecule has 2 aromatic carbocycles. The van der Waals surface area contributed by atoms with Gasteiger partial charge in [-0.2, -0.15) is 5.10 Å². The Hall–Kier alpha value is -0.880. The number of rotatable bonds is 3. The molecular formula is C15H10Br2Cl2N2O. The highest BCUT2D eigenvalue weighted by Crippen LogP contribution is 2.25. The summed E-state index contributed by atoms with van der Waals surface area (Å²) in [7, 11) is 0. The Balaban J connectivity index is 2.10. The Bertz CT molecular complexity index is 740. The van der Waals surface area contributed by atoms with Crippen LogP contribution in [-0.4, -0.2) is 12.1 Å². The maximum atomic E-state index is 12.0. The molecule has 2 rings (SSSR count). The van der Waals surface area contributed by atoms with Gasteiger partial charge in [0.05, 0.1) is 16.8 Å². The number of benzene rings is 2. The molecule has 0 saturated carbocycles. The quantitative estimate of drug-likeness (QED) is 0.467. The highest BCUT2D eigenvalue weighted by atomic mass is 79.9. The molecule has 0 bridgehead atoms. The predicted molar refractivity (Wildman–Crippen MR) is 98.1 cm³/mol. The Morgan fingerprint density at radius 3 is 2.41 bits per heavy atom. The van der Waals surface area contributed by atoms with Gasteiger partial charge in [0.1, 0.15) is 0 Å². The summed E-state index contributed by atoms with van der Waals surface area (Å²) in [6, 6.07) is 8.47. The number of carbonyl (C=O) groups excluding carboxylic acids is 1. The second kappa shape index (κ2) is 7.59. The van der Waals surface area contributed by atoms with Crippen LogP contribution in [0.5, 0.6) is 0 Å². The Kier molecular flexibility index (Phi) is 6.03. The Labute approximate surface area is 155 Å². The van der Waals surface area contributed by atoms with E-state index in [-0.39, 0.29) is 5.02 Å². The minimum Gasteiger partial charge on any atom is -0.267 e. The van der Waals surface area contributed by atoms with E-state index in [9.17, 15) is 4.79 Å². The third-order valence-electron chi connectivity index (χ3n) is 2.86. The summed E-state index contributed by atoms with van der Waals surface area (Å²) >= 11 is 18.7. The van der Waals surface area contributed by atoms with Gasteiger partial charge in [-0.15, -0.1) is 0 Å². The second-order valence-corrected chi connectivity index (χ2v) is 6.99. The van der Waals surface area contributed by atoms with Crippen LogP contribution >= 0.6 is 55.1 Å². The number of amides is 1. The molecule has 0 atom stereocenters. The predicted octanol–water partition coefficient (Wildman–Crippen LogP) is 5.59. The first-order chi connectivity index (χ1) is 10.4. The van der Waals surface area contributed by atoms with Gasteiger partial charge in [-0.3, -0.25) is 4.79 Å². The average molecular weight is 465 g/mol. The maximum absolute atomic E-state index is 12.0. The molecule has 1 N–H and O–H groups in total. The number of halogens is 4. The van der Waals surface area contributed by atoms with Gasteiger partial charge < -0.3 is 0 Å². The van der Waals surface area contributed by atoms with Gasteiger partial charge in [0.25, 0.3) is 5.91 Å². The van der Waals surface area contributed by atoms with E-state index >= 15 is 0 Å². The van der Waals surface area contributed by atoms with Gasteiger partial charge in [0, 0.05) is 14.0 Å². The van der Waals surface area contributed by atoms with Crippen LogP contribution in [0.15, 0.2) is 44.4 Å². The summed E-state index contributed by atoms with van der Waals surface area (Å²) < 4.78 is 1.91. The standard InChI is InChI=1S/C15H10Br2Cl2N2O/c1-8-12(16)4-9(5-13(8)17)7-20-21-15(22)11-3-2-10(18)6-14(11)19/h2-7H,1H3,(H,21,22)/b20-7+. The molecule has 0 spiro atoms. The number of carbonyl (C=O) groups is 1. The van der Waals surface area contributed by atoms with Crippen molar-refractivity contribution in [3.05, 3.63) is 66.0 Å². The van der Waals surface area contributed by atoms with Crippen molar-refractivity contribution in [2.75, 3.05) is 0 Å². The maximum Gasteiger partial charge on any atom is 0.272 e. The van der Waals surface area contributed by atoms with Crippen molar-refractivity contribution in [2.24, 2.45) is 5.10 Å². The minimum atomic E-state index is -0.400. The molecule has 1 amide bonds. The van der Waals surface area contributed by atoms with E-state index in [1.807, 2.05) is 19.1 Å². The number of hydrogen-bond donors (Lipinski definition) is 1. The van der Waals surface area contributed by atoms with Crippen LogP contribution in [0, 0.1) is 6.92 Å². The lowest BCUT2D eigenvalue weighted by Crippen LogP contribution is -2.18. The second-order valence-electron chi connectivity index (χ2n) is 4.43. The van der Waals surface area contributed by atoms with Crippen LogP contribution in [0.25, 0.3) is 0 Å². The number of nitrogens with one attached hydrogen (secondary N) is 1. The fraction of sp³-hybridized carbons (Fsp3) is 0.0667.